The first-order valence-electron chi connectivity index (χ1n) is 11.8. The van der Waals surface area contributed by atoms with Crippen LogP contribution >= 0.6 is 0 Å². The maximum absolute atomic E-state index is 15.0. The number of rotatable bonds is 8. The number of carbonyl (C=O) groups is 1. The molecule has 0 saturated carbocycles. The van der Waals surface area contributed by atoms with Gasteiger partial charge in [0.15, 0.2) is 9.84 Å². The van der Waals surface area contributed by atoms with Crippen molar-refractivity contribution in [2.45, 2.75) is 18.2 Å². The van der Waals surface area contributed by atoms with Gasteiger partial charge in [0.25, 0.3) is 5.89 Å². The van der Waals surface area contributed by atoms with E-state index in [4.69, 9.17) is 4.52 Å². The van der Waals surface area contributed by atoms with Gasteiger partial charge in [0, 0.05) is 5.56 Å². The summed E-state index contributed by atoms with van der Waals surface area (Å²) in [4.78, 5) is 16.3. The molecule has 0 aliphatic carbocycles. The summed E-state index contributed by atoms with van der Waals surface area (Å²) in [6.45, 7) is 1.95. The SMILES string of the molecule is Cc1ccc(-c2nc(-c3ccc(CC(CS(=O)(=O)c4ccc5ccccc5c4)C(=O)O)cc3F)no2)cc1. The highest BCUT2D eigenvalue weighted by Gasteiger charge is 2.27. The lowest BCUT2D eigenvalue weighted by Gasteiger charge is -2.14. The van der Waals surface area contributed by atoms with Crippen LogP contribution in [0.2, 0.25) is 0 Å². The minimum absolute atomic E-state index is 0.0467. The van der Waals surface area contributed by atoms with E-state index in [1.807, 2.05) is 43.3 Å². The van der Waals surface area contributed by atoms with Crippen molar-refractivity contribution in [2.75, 3.05) is 5.75 Å². The lowest BCUT2D eigenvalue weighted by molar-refractivity contribution is -0.140. The summed E-state index contributed by atoms with van der Waals surface area (Å²) in [6, 6.07) is 23.6. The van der Waals surface area contributed by atoms with Gasteiger partial charge in [0.2, 0.25) is 5.82 Å². The molecule has 9 heteroatoms. The Morgan fingerprint density at radius 2 is 1.71 bits per heavy atom. The lowest BCUT2D eigenvalue weighted by Crippen LogP contribution is -2.26. The van der Waals surface area contributed by atoms with Crippen LogP contribution < -0.4 is 0 Å². The first kappa shape index (κ1) is 25.3. The first-order chi connectivity index (χ1) is 18.2. The average Bonchev–Trinajstić information content (AvgIpc) is 3.38. The van der Waals surface area contributed by atoms with Gasteiger partial charge in [-0.2, -0.15) is 4.98 Å². The molecule has 5 aromatic rings. The highest BCUT2D eigenvalue weighted by Crippen LogP contribution is 2.27. The van der Waals surface area contributed by atoms with Gasteiger partial charge >= 0.3 is 5.97 Å². The molecular weight excluding hydrogens is 507 g/mol. The molecule has 1 atom stereocenters. The second-order valence-corrected chi connectivity index (χ2v) is 11.2. The number of halogens is 1. The molecule has 7 nitrogen and oxygen atoms in total. The number of aliphatic carboxylic acids is 1. The summed E-state index contributed by atoms with van der Waals surface area (Å²) >= 11 is 0. The van der Waals surface area contributed by atoms with Crippen molar-refractivity contribution in [1.29, 1.82) is 0 Å². The fourth-order valence-electron chi connectivity index (χ4n) is 4.24. The van der Waals surface area contributed by atoms with Crippen molar-refractivity contribution >= 4 is 26.6 Å². The van der Waals surface area contributed by atoms with Crippen LogP contribution in [0.3, 0.4) is 0 Å². The van der Waals surface area contributed by atoms with Crippen LogP contribution in [0.1, 0.15) is 11.1 Å². The Labute approximate surface area is 218 Å². The maximum Gasteiger partial charge on any atom is 0.307 e. The lowest BCUT2D eigenvalue weighted by atomic mass is 9.99. The number of aryl methyl sites for hydroxylation is 1. The molecule has 1 N–H and O–H groups in total. The molecule has 0 amide bonds. The molecule has 5 rings (SSSR count). The van der Waals surface area contributed by atoms with E-state index in [1.54, 1.807) is 24.3 Å². The Morgan fingerprint density at radius 3 is 2.42 bits per heavy atom. The predicted molar refractivity (Wildman–Crippen MR) is 141 cm³/mol. The van der Waals surface area contributed by atoms with Crippen molar-refractivity contribution in [3.8, 4) is 22.8 Å². The number of carboxylic acids is 1. The number of aromatic nitrogens is 2. The standard InChI is InChI=1S/C29H23FN2O5S/c1-18-6-9-21(10-7-18)28-31-27(32-37-28)25-13-8-19(15-26(25)30)14-23(29(33)34)17-38(35,36)24-12-11-20-4-2-3-5-22(20)16-24/h2-13,15-16,23H,14,17H2,1H3,(H,33,34). The summed E-state index contributed by atoms with van der Waals surface area (Å²) in [6.07, 6.45) is -0.166. The van der Waals surface area contributed by atoms with Gasteiger partial charge in [0.05, 0.1) is 22.1 Å². The first-order valence-corrected chi connectivity index (χ1v) is 13.5. The highest BCUT2D eigenvalue weighted by molar-refractivity contribution is 7.91. The molecule has 0 bridgehead atoms. The quantitative estimate of drug-likeness (QED) is 0.273. The molecule has 1 aromatic heterocycles. The van der Waals surface area contributed by atoms with E-state index >= 15 is 4.39 Å². The summed E-state index contributed by atoms with van der Waals surface area (Å²) in [5, 5.41) is 15.2. The Kier molecular flexibility index (Phi) is 6.77. The van der Waals surface area contributed by atoms with Crippen molar-refractivity contribution in [2.24, 2.45) is 5.92 Å². The second kappa shape index (κ2) is 10.2. The molecule has 0 saturated heterocycles. The van der Waals surface area contributed by atoms with E-state index in [0.29, 0.717) is 11.1 Å². The number of nitrogens with zero attached hydrogens (tertiary/aromatic N) is 2. The third kappa shape index (κ3) is 5.33. The summed E-state index contributed by atoms with van der Waals surface area (Å²) < 4.78 is 46.4. The number of fused-ring (bicyclic) bond motifs is 1. The molecule has 0 spiro atoms. The van der Waals surface area contributed by atoms with Crippen molar-refractivity contribution in [3.05, 3.63) is 102 Å². The van der Waals surface area contributed by atoms with Crippen LogP contribution in [0.4, 0.5) is 4.39 Å². The smallest absolute Gasteiger partial charge is 0.307 e. The number of carboxylic acid groups (broad SMARTS) is 1. The fraction of sp³-hybridized carbons (Fsp3) is 0.138. The third-order valence-corrected chi connectivity index (χ3v) is 8.14. The average molecular weight is 531 g/mol. The number of hydrogen-bond donors (Lipinski definition) is 1. The van der Waals surface area contributed by atoms with E-state index in [9.17, 15) is 18.3 Å². The molecule has 38 heavy (non-hydrogen) atoms. The van der Waals surface area contributed by atoms with Gasteiger partial charge in [-0.25, -0.2) is 12.8 Å². The van der Waals surface area contributed by atoms with Gasteiger partial charge < -0.3 is 9.63 Å². The summed E-state index contributed by atoms with van der Waals surface area (Å²) in [5.41, 5.74) is 2.20. The highest BCUT2D eigenvalue weighted by atomic mass is 32.2. The Bertz CT molecular complexity index is 1750. The van der Waals surface area contributed by atoms with Crippen molar-refractivity contribution < 1.29 is 27.2 Å². The number of sulfone groups is 1. The van der Waals surface area contributed by atoms with Crippen molar-refractivity contribution in [1.82, 2.24) is 10.1 Å². The van der Waals surface area contributed by atoms with E-state index < -0.39 is 33.3 Å². The third-order valence-electron chi connectivity index (χ3n) is 6.33. The minimum Gasteiger partial charge on any atom is -0.481 e. The molecule has 0 fully saturated rings. The molecule has 0 radical (unpaired) electrons. The molecule has 4 aromatic carbocycles. The molecule has 1 unspecified atom stereocenters. The van der Waals surface area contributed by atoms with Crippen LogP contribution in [0.25, 0.3) is 33.6 Å². The van der Waals surface area contributed by atoms with Gasteiger partial charge in [0.1, 0.15) is 5.82 Å². The number of hydrogen-bond acceptors (Lipinski definition) is 6. The molecule has 1 heterocycles. The van der Waals surface area contributed by atoms with Gasteiger partial charge in [-0.05, 0) is 66.1 Å². The maximum atomic E-state index is 15.0. The Balaban J connectivity index is 1.35. The zero-order chi connectivity index (χ0) is 26.9. The largest absolute Gasteiger partial charge is 0.481 e. The van der Waals surface area contributed by atoms with Crippen LogP contribution in [0.15, 0.2) is 94.3 Å². The molecule has 192 valence electrons. The Hall–Kier alpha value is -4.37. The zero-order valence-electron chi connectivity index (χ0n) is 20.3. The molecule has 0 aliphatic heterocycles. The second-order valence-electron chi connectivity index (χ2n) is 9.13. The van der Waals surface area contributed by atoms with Crippen LogP contribution in [-0.4, -0.2) is 35.4 Å². The van der Waals surface area contributed by atoms with E-state index in [0.717, 1.165) is 16.3 Å². The Morgan fingerprint density at radius 1 is 0.974 bits per heavy atom. The molecule has 0 aliphatic rings. The molecular formula is C29H23FN2O5S. The fourth-order valence-corrected chi connectivity index (χ4v) is 5.80. The zero-order valence-corrected chi connectivity index (χ0v) is 21.2. The number of benzene rings is 4. The van der Waals surface area contributed by atoms with Gasteiger partial charge in [-0.15, -0.1) is 0 Å². The van der Waals surface area contributed by atoms with Gasteiger partial charge in [-0.3, -0.25) is 4.79 Å². The van der Waals surface area contributed by atoms with Crippen LogP contribution in [0, 0.1) is 18.7 Å². The van der Waals surface area contributed by atoms with E-state index in [1.165, 1.54) is 24.3 Å². The van der Waals surface area contributed by atoms with E-state index in [-0.39, 0.29) is 28.6 Å². The van der Waals surface area contributed by atoms with Crippen LogP contribution in [0.5, 0.6) is 0 Å². The van der Waals surface area contributed by atoms with Crippen molar-refractivity contribution in [3.63, 3.8) is 0 Å². The monoisotopic (exact) mass is 530 g/mol. The van der Waals surface area contributed by atoms with Gasteiger partial charge in [-0.1, -0.05) is 59.3 Å². The summed E-state index contributed by atoms with van der Waals surface area (Å²) in [5.74, 6) is -3.53. The minimum atomic E-state index is -3.91. The summed E-state index contributed by atoms with van der Waals surface area (Å²) in [7, 11) is -3.91. The predicted octanol–water partition coefficient (Wildman–Crippen LogP) is 5.72. The topological polar surface area (TPSA) is 110 Å². The van der Waals surface area contributed by atoms with Crippen LogP contribution in [-0.2, 0) is 21.1 Å². The van der Waals surface area contributed by atoms with E-state index in [2.05, 4.69) is 10.1 Å². The normalized spacial score (nSPS) is 12.5.